The maximum atomic E-state index is 10.5. The van der Waals surface area contributed by atoms with E-state index in [4.69, 9.17) is 5.11 Å². The fourth-order valence-electron chi connectivity index (χ4n) is 1.84. The van der Waals surface area contributed by atoms with Crippen molar-refractivity contribution in [2.45, 2.75) is 76.9 Å². The smallest absolute Gasteiger partial charge is 0.313 e. The van der Waals surface area contributed by atoms with Gasteiger partial charge < -0.3 is 5.11 Å². The SMILES string of the molecule is CCCCCCCCCC(C)(C)SCC(=O)O. The predicted molar refractivity (Wildman–Crippen MR) is 76.8 cm³/mol. The average Bonchev–Trinajstić information content (AvgIpc) is 2.25. The summed E-state index contributed by atoms with van der Waals surface area (Å²) in [5.74, 6) is -0.480. The number of carbonyl (C=O) groups is 1. The number of hydrogen-bond acceptors (Lipinski definition) is 2. The highest BCUT2D eigenvalue weighted by atomic mass is 32.2. The molecule has 0 unspecified atom stereocenters. The number of aliphatic carboxylic acids is 1. The van der Waals surface area contributed by atoms with Gasteiger partial charge in [-0.2, -0.15) is 0 Å². The highest BCUT2D eigenvalue weighted by Gasteiger charge is 2.18. The standard InChI is InChI=1S/C14H28O2S/c1-4-5-6-7-8-9-10-11-14(2,3)17-12-13(15)16/h4-12H2,1-3H3,(H,15,16). The van der Waals surface area contributed by atoms with Crippen molar-refractivity contribution in [2.75, 3.05) is 5.75 Å². The van der Waals surface area contributed by atoms with Gasteiger partial charge in [-0.15, -0.1) is 11.8 Å². The zero-order valence-electron chi connectivity index (χ0n) is 11.6. The molecule has 0 aliphatic carbocycles. The van der Waals surface area contributed by atoms with E-state index >= 15 is 0 Å². The van der Waals surface area contributed by atoms with Gasteiger partial charge in [0.15, 0.2) is 0 Å². The second-order valence-corrected chi connectivity index (χ2v) is 7.00. The van der Waals surface area contributed by atoms with Crippen LogP contribution in [0.25, 0.3) is 0 Å². The summed E-state index contributed by atoms with van der Waals surface area (Å²) in [6.45, 7) is 6.54. The second-order valence-electron chi connectivity index (χ2n) is 5.31. The molecule has 0 radical (unpaired) electrons. The van der Waals surface area contributed by atoms with Crippen molar-refractivity contribution in [3.63, 3.8) is 0 Å². The minimum Gasteiger partial charge on any atom is -0.481 e. The van der Waals surface area contributed by atoms with Gasteiger partial charge in [0.2, 0.25) is 0 Å². The van der Waals surface area contributed by atoms with E-state index < -0.39 is 5.97 Å². The first-order chi connectivity index (χ1) is 7.98. The molecule has 0 rings (SSSR count). The van der Waals surface area contributed by atoms with E-state index in [1.165, 1.54) is 44.9 Å². The first kappa shape index (κ1) is 16.8. The molecule has 0 aliphatic rings. The van der Waals surface area contributed by atoms with Crippen LogP contribution in [0.5, 0.6) is 0 Å². The topological polar surface area (TPSA) is 37.3 Å². The Morgan fingerprint density at radius 3 is 2.12 bits per heavy atom. The maximum absolute atomic E-state index is 10.5. The van der Waals surface area contributed by atoms with Gasteiger partial charge in [-0.1, -0.05) is 65.7 Å². The number of rotatable bonds is 11. The third-order valence-corrected chi connectivity index (χ3v) is 4.35. The molecule has 0 bridgehead atoms. The lowest BCUT2D eigenvalue weighted by Gasteiger charge is -2.23. The van der Waals surface area contributed by atoms with Gasteiger partial charge in [0.1, 0.15) is 0 Å². The lowest BCUT2D eigenvalue weighted by Crippen LogP contribution is -2.17. The molecule has 0 aromatic heterocycles. The summed E-state index contributed by atoms with van der Waals surface area (Å²) in [4.78, 5) is 10.5. The molecule has 0 fully saturated rings. The van der Waals surface area contributed by atoms with E-state index in [1.54, 1.807) is 11.8 Å². The minimum atomic E-state index is -0.706. The summed E-state index contributed by atoms with van der Waals surface area (Å²) in [5.41, 5.74) is 0. The summed E-state index contributed by atoms with van der Waals surface area (Å²) in [5, 5.41) is 8.65. The minimum absolute atomic E-state index is 0.113. The van der Waals surface area contributed by atoms with Crippen molar-refractivity contribution in [1.82, 2.24) is 0 Å². The molecular weight excluding hydrogens is 232 g/mol. The van der Waals surface area contributed by atoms with Crippen LogP contribution < -0.4 is 0 Å². The largest absolute Gasteiger partial charge is 0.481 e. The van der Waals surface area contributed by atoms with Gasteiger partial charge in [-0.05, 0) is 6.42 Å². The second kappa shape index (κ2) is 9.81. The van der Waals surface area contributed by atoms with Crippen LogP contribution in [-0.2, 0) is 4.79 Å². The number of hydrogen-bond donors (Lipinski definition) is 1. The molecule has 0 saturated carbocycles. The lowest BCUT2D eigenvalue weighted by molar-refractivity contribution is -0.133. The Balaban J connectivity index is 3.42. The lowest BCUT2D eigenvalue weighted by atomic mass is 10.0. The van der Waals surface area contributed by atoms with Crippen LogP contribution in [-0.4, -0.2) is 21.6 Å². The maximum Gasteiger partial charge on any atom is 0.313 e. The summed E-state index contributed by atoms with van der Waals surface area (Å²) < 4.78 is 0.113. The number of unbranched alkanes of at least 4 members (excludes halogenated alkanes) is 6. The molecule has 0 aromatic rings. The fourth-order valence-corrected chi connectivity index (χ4v) is 2.64. The molecule has 0 saturated heterocycles. The Kier molecular flexibility index (Phi) is 9.71. The van der Waals surface area contributed by atoms with Crippen molar-refractivity contribution >= 4 is 17.7 Å². The molecule has 102 valence electrons. The normalized spacial score (nSPS) is 11.7. The fraction of sp³-hybridized carbons (Fsp3) is 0.929. The molecule has 0 spiro atoms. The average molecular weight is 260 g/mol. The van der Waals surface area contributed by atoms with Crippen LogP contribution >= 0.6 is 11.8 Å². The van der Waals surface area contributed by atoms with Crippen LogP contribution in [0.1, 0.15) is 72.1 Å². The zero-order valence-corrected chi connectivity index (χ0v) is 12.4. The Hall–Kier alpha value is -0.180. The van der Waals surface area contributed by atoms with Gasteiger partial charge in [0.25, 0.3) is 0 Å². The first-order valence-electron chi connectivity index (χ1n) is 6.83. The Morgan fingerprint density at radius 2 is 1.59 bits per heavy atom. The van der Waals surface area contributed by atoms with Gasteiger partial charge in [0, 0.05) is 4.75 Å². The highest BCUT2D eigenvalue weighted by molar-refractivity contribution is 8.01. The van der Waals surface area contributed by atoms with E-state index in [9.17, 15) is 4.79 Å². The zero-order chi connectivity index (χ0) is 13.1. The van der Waals surface area contributed by atoms with Gasteiger partial charge in [0.05, 0.1) is 5.75 Å². The quantitative estimate of drug-likeness (QED) is 0.546. The summed E-state index contributed by atoms with van der Waals surface area (Å²) >= 11 is 1.56. The number of thioether (sulfide) groups is 1. The van der Waals surface area contributed by atoms with E-state index in [0.29, 0.717) is 0 Å². The molecule has 0 heterocycles. The van der Waals surface area contributed by atoms with Gasteiger partial charge >= 0.3 is 5.97 Å². The van der Waals surface area contributed by atoms with Gasteiger partial charge in [-0.25, -0.2) is 0 Å². The summed E-state index contributed by atoms with van der Waals surface area (Å²) in [6, 6.07) is 0. The van der Waals surface area contributed by atoms with Crippen molar-refractivity contribution in [1.29, 1.82) is 0 Å². The third-order valence-electron chi connectivity index (χ3n) is 2.97. The molecule has 1 N–H and O–H groups in total. The number of carboxylic acid groups (broad SMARTS) is 1. The van der Waals surface area contributed by atoms with Crippen LogP contribution in [0.15, 0.2) is 0 Å². The molecule has 0 aromatic carbocycles. The van der Waals surface area contributed by atoms with E-state index in [2.05, 4.69) is 20.8 Å². The molecule has 0 aliphatic heterocycles. The third kappa shape index (κ3) is 12.1. The van der Waals surface area contributed by atoms with Gasteiger partial charge in [-0.3, -0.25) is 4.79 Å². The Labute approximate surface area is 111 Å². The van der Waals surface area contributed by atoms with Crippen LogP contribution in [0.3, 0.4) is 0 Å². The monoisotopic (exact) mass is 260 g/mol. The predicted octanol–water partition coefficient (Wildman–Crippen LogP) is 4.72. The molecular formula is C14H28O2S. The van der Waals surface area contributed by atoms with Crippen LogP contribution in [0.4, 0.5) is 0 Å². The molecule has 3 heteroatoms. The first-order valence-corrected chi connectivity index (χ1v) is 7.82. The van der Waals surface area contributed by atoms with Crippen LogP contribution in [0.2, 0.25) is 0 Å². The molecule has 0 amide bonds. The van der Waals surface area contributed by atoms with E-state index in [-0.39, 0.29) is 10.5 Å². The van der Waals surface area contributed by atoms with Crippen LogP contribution in [0, 0.1) is 0 Å². The molecule has 17 heavy (non-hydrogen) atoms. The Morgan fingerprint density at radius 1 is 1.06 bits per heavy atom. The summed E-state index contributed by atoms with van der Waals surface area (Å²) in [7, 11) is 0. The Bertz CT molecular complexity index is 202. The molecule has 0 atom stereocenters. The van der Waals surface area contributed by atoms with Crippen molar-refractivity contribution in [2.24, 2.45) is 0 Å². The van der Waals surface area contributed by atoms with E-state index in [0.717, 1.165) is 6.42 Å². The van der Waals surface area contributed by atoms with Crippen molar-refractivity contribution in [3.05, 3.63) is 0 Å². The van der Waals surface area contributed by atoms with E-state index in [1.807, 2.05) is 0 Å². The summed E-state index contributed by atoms with van der Waals surface area (Å²) in [6.07, 6.45) is 10.4. The number of carboxylic acids is 1. The van der Waals surface area contributed by atoms with Crippen molar-refractivity contribution in [3.8, 4) is 0 Å². The van der Waals surface area contributed by atoms with Crippen molar-refractivity contribution < 1.29 is 9.90 Å². The molecule has 2 nitrogen and oxygen atoms in total. The highest BCUT2D eigenvalue weighted by Crippen LogP contribution is 2.30.